The number of carboxylic acid groups (broad SMARTS) is 1. The van der Waals surface area contributed by atoms with Gasteiger partial charge in [0.25, 0.3) is 5.91 Å². The second kappa shape index (κ2) is 8.82. The SMILES string of the molecule is CC(C)C[C@@H](C(=O)O)N1C(=O)N(Cc2ccccc2)[C@@](C)(c2ccc(C(=N)N)cc2)C1=O. The average Bonchev–Trinajstić information content (AvgIpc) is 2.94. The zero-order valence-electron chi connectivity index (χ0n) is 18.4. The van der Waals surface area contributed by atoms with Crippen LogP contribution in [0.2, 0.25) is 0 Å². The predicted molar refractivity (Wildman–Crippen MR) is 120 cm³/mol. The maximum absolute atomic E-state index is 13.7. The van der Waals surface area contributed by atoms with Crippen LogP contribution in [0.5, 0.6) is 0 Å². The van der Waals surface area contributed by atoms with E-state index in [4.69, 9.17) is 11.1 Å². The second-order valence-electron chi connectivity index (χ2n) is 8.58. The highest BCUT2D eigenvalue weighted by Gasteiger charge is 2.58. The van der Waals surface area contributed by atoms with E-state index in [1.165, 1.54) is 4.90 Å². The molecular formula is C24H28N4O4. The zero-order chi connectivity index (χ0) is 23.6. The van der Waals surface area contributed by atoms with Gasteiger partial charge in [-0.2, -0.15) is 0 Å². The van der Waals surface area contributed by atoms with Crippen molar-refractivity contribution in [2.45, 2.75) is 45.3 Å². The fraction of sp³-hybridized carbons (Fsp3) is 0.333. The van der Waals surface area contributed by atoms with E-state index < -0.39 is 29.5 Å². The van der Waals surface area contributed by atoms with Gasteiger partial charge in [-0.1, -0.05) is 68.4 Å². The van der Waals surface area contributed by atoms with Gasteiger partial charge < -0.3 is 15.7 Å². The lowest BCUT2D eigenvalue weighted by atomic mass is 9.88. The summed E-state index contributed by atoms with van der Waals surface area (Å²) in [5, 5.41) is 17.4. The number of nitrogens with zero attached hydrogens (tertiary/aromatic N) is 2. The molecule has 3 rings (SSSR count). The topological polar surface area (TPSA) is 128 Å². The Hall–Kier alpha value is -3.68. The molecule has 0 spiro atoms. The van der Waals surface area contributed by atoms with Crippen molar-refractivity contribution in [3.8, 4) is 0 Å². The zero-order valence-corrected chi connectivity index (χ0v) is 18.4. The van der Waals surface area contributed by atoms with Crippen LogP contribution in [0.4, 0.5) is 4.79 Å². The largest absolute Gasteiger partial charge is 0.480 e. The molecule has 0 radical (unpaired) electrons. The second-order valence-corrected chi connectivity index (χ2v) is 8.58. The average molecular weight is 437 g/mol. The molecule has 3 amide bonds. The van der Waals surface area contributed by atoms with Gasteiger partial charge >= 0.3 is 12.0 Å². The van der Waals surface area contributed by atoms with Gasteiger partial charge in [-0.25, -0.2) is 14.5 Å². The minimum atomic E-state index is -1.41. The van der Waals surface area contributed by atoms with E-state index in [1.54, 1.807) is 31.2 Å². The van der Waals surface area contributed by atoms with Crippen molar-refractivity contribution in [3.63, 3.8) is 0 Å². The summed E-state index contributed by atoms with van der Waals surface area (Å²) in [5.74, 6) is -1.93. The van der Waals surface area contributed by atoms with Crippen LogP contribution >= 0.6 is 0 Å². The molecule has 0 saturated carbocycles. The van der Waals surface area contributed by atoms with Crippen LogP contribution in [0.1, 0.15) is 43.9 Å². The summed E-state index contributed by atoms with van der Waals surface area (Å²) >= 11 is 0. The van der Waals surface area contributed by atoms with Crippen molar-refractivity contribution in [3.05, 3.63) is 71.3 Å². The third-order valence-corrected chi connectivity index (χ3v) is 5.84. The Bertz CT molecular complexity index is 1040. The number of nitrogens with two attached hydrogens (primary N) is 1. The van der Waals surface area contributed by atoms with Crippen LogP contribution in [0.15, 0.2) is 54.6 Å². The molecule has 1 heterocycles. The van der Waals surface area contributed by atoms with Gasteiger partial charge in [-0.3, -0.25) is 10.2 Å². The van der Waals surface area contributed by atoms with E-state index in [9.17, 15) is 19.5 Å². The highest BCUT2D eigenvalue weighted by atomic mass is 16.4. The molecule has 2 aromatic rings. The highest BCUT2D eigenvalue weighted by molar-refractivity contribution is 6.09. The van der Waals surface area contributed by atoms with Crippen molar-refractivity contribution in [1.29, 1.82) is 5.41 Å². The van der Waals surface area contributed by atoms with E-state index in [0.717, 1.165) is 10.5 Å². The fourth-order valence-electron chi connectivity index (χ4n) is 4.04. The molecule has 32 heavy (non-hydrogen) atoms. The first-order chi connectivity index (χ1) is 15.1. The molecule has 1 aliphatic heterocycles. The molecule has 1 fully saturated rings. The number of carbonyl (C=O) groups is 3. The lowest BCUT2D eigenvalue weighted by Gasteiger charge is -2.32. The Kier molecular flexibility index (Phi) is 6.34. The number of imide groups is 1. The first-order valence-corrected chi connectivity index (χ1v) is 10.4. The number of benzene rings is 2. The molecule has 0 unspecified atom stereocenters. The van der Waals surface area contributed by atoms with Crippen molar-refractivity contribution in [2.24, 2.45) is 11.7 Å². The first-order valence-electron chi connectivity index (χ1n) is 10.4. The Morgan fingerprint density at radius 3 is 2.19 bits per heavy atom. The van der Waals surface area contributed by atoms with E-state index in [-0.39, 0.29) is 24.7 Å². The molecule has 4 N–H and O–H groups in total. The lowest BCUT2D eigenvalue weighted by molar-refractivity contribution is -0.148. The Morgan fingerprint density at radius 1 is 1.09 bits per heavy atom. The van der Waals surface area contributed by atoms with Crippen LogP contribution in [-0.4, -0.2) is 44.7 Å². The normalized spacial score (nSPS) is 19.5. The summed E-state index contributed by atoms with van der Waals surface area (Å²) < 4.78 is 0. The maximum atomic E-state index is 13.7. The van der Waals surface area contributed by atoms with Crippen molar-refractivity contribution in [1.82, 2.24) is 9.80 Å². The lowest BCUT2D eigenvalue weighted by Crippen LogP contribution is -2.47. The number of carboxylic acids is 1. The third kappa shape index (κ3) is 4.08. The monoisotopic (exact) mass is 436 g/mol. The molecule has 8 nitrogen and oxygen atoms in total. The summed E-state index contributed by atoms with van der Waals surface area (Å²) in [6.07, 6.45) is 0.158. The van der Waals surface area contributed by atoms with Gasteiger partial charge in [0.05, 0.1) is 0 Å². The minimum Gasteiger partial charge on any atom is -0.480 e. The first kappa shape index (κ1) is 23.0. The number of carbonyl (C=O) groups excluding carboxylic acids is 2. The number of amidine groups is 1. The fourth-order valence-corrected chi connectivity index (χ4v) is 4.04. The number of aliphatic carboxylic acids is 1. The number of urea groups is 1. The number of hydrogen-bond acceptors (Lipinski definition) is 4. The molecule has 0 bridgehead atoms. The molecule has 8 heteroatoms. The van der Waals surface area contributed by atoms with Gasteiger partial charge in [0, 0.05) is 12.1 Å². The number of rotatable bonds is 8. The van der Waals surface area contributed by atoms with Crippen molar-refractivity contribution < 1.29 is 19.5 Å². The molecule has 168 valence electrons. The summed E-state index contributed by atoms with van der Waals surface area (Å²) in [5.41, 5.74) is 5.97. The van der Waals surface area contributed by atoms with Gasteiger partial charge in [-0.05, 0) is 30.4 Å². The quantitative estimate of drug-likeness (QED) is 0.333. The van der Waals surface area contributed by atoms with Crippen LogP contribution < -0.4 is 5.73 Å². The summed E-state index contributed by atoms with van der Waals surface area (Å²) in [4.78, 5) is 41.6. The summed E-state index contributed by atoms with van der Waals surface area (Å²) in [6.45, 7) is 5.47. The van der Waals surface area contributed by atoms with Gasteiger partial charge in [0.15, 0.2) is 0 Å². The van der Waals surface area contributed by atoms with E-state index in [2.05, 4.69) is 0 Å². The minimum absolute atomic E-state index is 0.0269. The molecule has 1 aliphatic rings. The van der Waals surface area contributed by atoms with Crippen molar-refractivity contribution in [2.75, 3.05) is 0 Å². The number of hydrogen-bond donors (Lipinski definition) is 3. The van der Waals surface area contributed by atoms with Crippen LogP contribution in [-0.2, 0) is 21.7 Å². The standard InChI is InChI=1S/C24H28N4O4/c1-15(2)13-19(21(29)30)28-22(31)24(3,18-11-9-17(10-12-18)20(25)26)27(23(28)32)14-16-7-5-4-6-8-16/h4-12,15,19H,13-14H2,1-3H3,(H3,25,26)(H,29,30)/t19-,24-/m0/s1. The highest BCUT2D eigenvalue weighted by Crippen LogP contribution is 2.40. The molecule has 0 aliphatic carbocycles. The van der Waals surface area contributed by atoms with E-state index >= 15 is 0 Å². The van der Waals surface area contributed by atoms with Crippen LogP contribution in [0.3, 0.4) is 0 Å². The summed E-state index contributed by atoms with van der Waals surface area (Å²) in [7, 11) is 0. The third-order valence-electron chi connectivity index (χ3n) is 5.84. The molecule has 1 saturated heterocycles. The summed E-state index contributed by atoms with van der Waals surface area (Å²) in [6, 6.07) is 13.9. The smallest absolute Gasteiger partial charge is 0.329 e. The van der Waals surface area contributed by atoms with Gasteiger partial charge in [0.2, 0.25) is 0 Å². The molecule has 2 aromatic carbocycles. The number of amides is 3. The van der Waals surface area contributed by atoms with E-state index in [0.29, 0.717) is 11.1 Å². The van der Waals surface area contributed by atoms with Crippen LogP contribution in [0, 0.1) is 11.3 Å². The molecule has 2 atom stereocenters. The predicted octanol–water partition coefficient (Wildman–Crippen LogP) is 3.15. The van der Waals surface area contributed by atoms with Crippen molar-refractivity contribution >= 4 is 23.7 Å². The van der Waals surface area contributed by atoms with Gasteiger partial charge in [-0.15, -0.1) is 0 Å². The van der Waals surface area contributed by atoms with E-state index in [1.807, 2.05) is 44.2 Å². The number of nitrogen functional groups attached to an aromatic ring is 1. The molecular weight excluding hydrogens is 408 g/mol. The maximum Gasteiger partial charge on any atom is 0.329 e. The Labute approximate surface area is 187 Å². The van der Waals surface area contributed by atoms with Gasteiger partial charge in [0.1, 0.15) is 17.4 Å². The molecule has 0 aromatic heterocycles. The Balaban J connectivity index is 2.11. The van der Waals surface area contributed by atoms with Crippen LogP contribution in [0.25, 0.3) is 0 Å². The number of nitrogens with one attached hydrogen (secondary N) is 1. The Morgan fingerprint density at radius 2 is 1.69 bits per heavy atom.